The van der Waals surface area contributed by atoms with E-state index in [1.54, 1.807) is 30.5 Å². The molecule has 0 aliphatic heterocycles. The molecule has 1 amide bonds. The number of nitrogens with zero attached hydrogens (tertiary/aromatic N) is 2. The molecule has 2 aromatic rings. The van der Waals surface area contributed by atoms with E-state index in [1.807, 2.05) is 18.2 Å². The monoisotopic (exact) mass is 346 g/mol. The summed E-state index contributed by atoms with van der Waals surface area (Å²) in [5.41, 5.74) is 1.08. The molecule has 5 nitrogen and oxygen atoms in total. The number of ether oxygens (including phenoxy) is 2. The molecule has 0 N–H and O–H groups in total. The van der Waals surface area contributed by atoms with E-state index < -0.39 is 6.09 Å². The molecule has 0 fully saturated rings. The first-order chi connectivity index (χ1) is 11.3. The summed E-state index contributed by atoms with van der Waals surface area (Å²) >= 11 is 1.22. The lowest BCUT2D eigenvalue weighted by Gasteiger charge is -2.21. The highest BCUT2D eigenvalue weighted by Crippen LogP contribution is 2.27. The van der Waals surface area contributed by atoms with Crippen LogP contribution in [-0.2, 0) is 5.41 Å². The van der Waals surface area contributed by atoms with Crippen molar-refractivity contribution in [1.29, 1.82) is 0 Å². The van der Waals surface area contributed by atoms with Crippen molar-refractivity contribution in [3.05, 3.63) is 48.0 Å². The molecular formula is C18H22N2O3S. The van der Waals surface area contributed by atoms with Gasteiger partial charge >= 0.3 is 6.09 Å². The third kappa shape index (κ3) is 4.41. The summed E-state index contributed by atoms with van der Waals surface area (Å²) in [4.78, 5) is 16.8. The Morgan fingerprint density at radius 2 is 1.88 bits per heavy atom. The molecule has 0 saturated heterocycles. The summed E-state index contributed by atoms with van der Waals surface area (Å²) < 4.78 is 12.0. The Morgan fingerprint density at radius 3 is 2.50 bits per heavy atom. The fraction of sp³-hybridized carbons (Fsp3) is 0.333. The SMILES string of the molecule is COc1cccc(N(SC)C(=O)Oc2cccc(C(C)(C)C)c2)n1. The fourth-order valence-electron chi connectivity index (χ4n) is 2.06. The number of amides is 1. The molecule has 1 heterocycles. The van der Waals surface area contributed by atoms with Gasteiger partial charge in [-0.05, 0) is 41.1 Å². The molecule has 0 unspecified atom stereocenters. The van der Waals surface area contributed by atoms with Crippen LogP contribution in [0.4, 0.5) is 10.6 Å². The normalized spacial score (nSPS) is 11.0. The second-order valence-electron chi connectivity index (χ2n) is 6.16. The van der Waals surface area contributed by atoms with Gasteiger partial charge < -0.3 is 9.47 Å². The number of aromatic nitrogens is 1. The van der Waals surface area contributed by atoms with Gasteiger partial charge in [-0.25, -0.2) is 9.10 Å². The Bertz CT molecular complexity index is 713. The van der Waals surface area contributed by atoms with Crippen molar-refractivity contribution in [2.75, 3.05) is 17.7 Å². The second kappa shape index (κ2) is 7.57. The van der Waals surface area contributed by atoms with Gasteiger partial charge in [0.1, 0.15) is 5.75 Å². The Kier molecular flexibility index (Phi) is 5.72. The van der Waals surface area contributed by atoms with E-state index in [4.69, 9.17) is 9.47 Å². The number of hydrogen-bond acceptors (Lipinski definition) is 5. The molecule has 0 spiro atoms. The van der Waals surface area contributed by atoms with Crippen molar-refractivity contribution < 1.29 is 14.3 Å². The third-order valence-electron chi connectivity index (χ3n) is 3.38. The van der Waals surface area contributed by atoms with E-state index in [2.05, 4.69) is 25.8 Å². The van der Waals surface area contributed by atoms with Gasteiger partial charge in [0.25, 0.3) is 0 Å². The Morgan fingerprint density at radius 1 is 1.17 bits per heavy atom. The van der Waals surface area contributed by atoms with Crippen LogP contribution in [0.25, 0.3) is 0 Å². The van der Waals surface area contributed by atoms with Crippen molar-refractivity contribution in [1.82, 2.24) is 4.98 Å². The maximum absolute atomic E-state index is 12.5. The predicted octanol–water partition coefficient (Wildman–Crippen LogP) is 4.67. The Labute approximate surface area is 147 Å². The predicted molar refractivity (Wildman–Crippen MR) is 97.9 cm³/mol. The van der Waals surface area contributed by atoms with E-state index >= 15 is 0 Å². The Hall–Kier alpha value is -2.21. The molecule has 6 heteroatoms. The number of methoxy groups -OCH3 is 1. The first-order valence-electron chi connectivity index (χ1n) is 7.53. The average Bonchev–Trinajstić information content (AvgIpc) is 2.55. The molecule has 24 heavy (non-hydrogen) atoms. The van der Waals surface area contributed by atoms with Crippen molar-refractivity contribution in [3.8, 4) is 11.6 Å². The lowest BCUT2D eigenvalue weighted by molar-refractivity contribution is 0.212. The van der Waals surface area contributed by atoms with Crippen LogP contribution in [0.3, 0.4) is 0 Å². The molecule has 2 rings (SSSR count). The molecule has 0 atom stereocenters. The highest BCUT2D eigenvalue weighted by atomic mass is 32.2. The minimum absolute atomic E-state index is 0.0179. The van der Waals surface area contributed by atoms with Gasteiger partial charge in [-0.3, -0.25) is 0 Å². The van der Waals surface area contributed by atoms with Crippen LogP contribution in [0, 0.1) is 0 Å². The number of benzene rings is 1. The third-order valence-corrected chi connectivity index (χ3v) is 4.08. The smallest absolute Gasteiger partial charge is 0.431 e. The Balaban J connectivity index is 2.20. The van der Waals surface area contributed by atoms with Crippen LogP contribution in [0.1, 0.15) is 26.3 Å². The van der Waals surface area contributed by atoms with Crippen LogP contribution in [0.15, 0.2) is 42.5 Å². The first kappa shape index (κ1) is 18.1. The van der Waals surface area contributed by atoms with Crippen LogP contribution < -0.4 is 13.8 Å². The molecule has 0 bridgehead atoms. The second-order valence-corrected chi connectivity index (χ2v) is 6.89. The maximum atomic E-state index is 12.5. The maximum Gasteiger partial charge on any atom is 0.431 e. The summed E-state index contributed by atoms with van der Waals surface area (Å²) in [5.74, 6) is 1.40. The highest BCUT2D eigenvalue weighted by molar-refractivity contribution is 8.00. The van der Waals surface area contributed by atoms with E-state index in [-0.39, 0.29) is 5.41 Å². The van der Waals surface area contributed by atoms with Gasteiger partial charge in [-0.1, -0.05) is 39.0 Å². The van der Waals surface area contributed by atoms with Gasteiger partial charge in [0.15, 0.2) is 5.82 Å². The molecular weight excluding hydrogens is 324 g/mol. The van der Waals surface area contributed by atoms with Gasteiger partial charge in [-0.15, -0.1) is 0 Å². The molecule has 0 radical (unpaired) electrons. The molecule has 0 aliphatic rings. The van der Waals surface area contributed by atoms with Gasteiger partial charge in [0.05, 0.1) is 7.11 Å². The quantitative estimate of drug-likeness (QED) is 0.753. The first-order valence-corrected chi connectivity index (χ1v) is 8.71. The lowest BCUT2D eigenvalue weighted by Crippen LogP contribution is -2.27. The zero-order valence-electron chi connectivity index (χ0n) is 14.6. The highest BCUT2D eigenvalue weighted by Gasteiger charge is 2.20. The number of carbonyl (C=O) groups excluding carboxylic acids is 1. The number of rotatable bonds is 4. The van der Waals surface area contributed by atoms with Crippen molar-refractivity contribution in [3.63, 3.8) is 0 Å². The summed E-state index contributed by atoms with van der Waals surface area (Å²) in [7, 11) is 1.53. The number of carbonyl (C=O) groups is 1. The van der Waals surface area contributed by atoms with Gasteiger partial charge in [-0.2, -0.15) is 4.98 Å². The fourth-order valence-corrected chi connectivity index (χ4v) is 2.54. The van der Waals surface area contributed by atoms with E-state index in [0.29, 0.717) is 17.4 Å². The van der Waals surface area contributed by atoms with Gasteiger partial charge in [0, 0.05) is 12.3 Å². The minimum atomic E-state index is -0.505. The summed E-state index contributed by atoms with van der Waals surface area (Å²) in [5, 5.41) is 0. The van der Waals surface area contributed by atoms with E-state index in [1.165, 1.54) is 23.4 Å². The van der Waals surface area contributed by atoms with Crippen LogP contribution in [-0.4, -0.2) is 24.4 Å². The van der Waals surface area contributed by atoms with Crippen molar-refractivity contribution in [2.24, 2.45) is 0 Å². The number of pyridine rings is 1. The molecule has 0 aliphatic carbocycles. The van der Waals surface area contributed by atoms with Crippen LogP contribution in [0.2, 0.25) is 0 Å². The van der Waals surface area contributed by atoms with Gasteiger partial charge in [0.2, 0.25) is 5.88 Å². The van der Waals surface area contributed by atoms with Crippen molar-refractivity contribution >= 4 is 23.9 Å². The minimum Gasteiger partial charge on any atom is -0.481 e. The van der Waals surface area contributed by atoms with E-state index in [9.17, 15) is 4.79 Å². The number of anilines is 1. The summed E-state index contributed by atoms with van der Waals surface area (Å²) in [6.45, 7) is 6.34. The zero-order valence-corrected chi connectivity index (χ0v) is 15.4. The zero-order chi connectivity index (χ0) is 17.7. The average molecular weight is 346 g/mol. The van der Waals surface area contributed by atoms with Crippen LogP contribution >= 0.6 is 11.9 Å². The molecule has 0 saturated carbocycles. The van der Waals surface area contributed by atoms with E-state index in [0.717, 1.165) is 5.56 Å². The van der Waals surface area contributed by atoms with Crippen molar-refractivity contribution in [2.45, 2.75) is 26.2 Å². The summed E-state index contributed by atoms with van der Waals surface area (Å²) in [6.07, 6.45) is 1.28. The topological polar surface area (TPSA) is 51.7 Å². The molecule has 128 valence electrons. The van der Waals surface area contributed by atoms with Crippen LogP contribution in [0.5, 0.6) is 11.6 Å². The largest absolute Gasteiger partial charge is 0.481 e. The lowest BCUT2D eigenvalue weighted by atomic mass is 9.87. The standard InChI is InChI=1S/C18H22N2O3S/c1-18(2,3)13-8-6-9-14(12-13)23-17(21)20(24-5)15-10-7-11-16(19-15)22-4/h6-12H,1-5H3. The molecule has 1 aromatic heterocycles. The summed E-state index contributed by atoms with van der Waals surface area (Å²) in [6, 6.07) is 12.8. The molecule has 1 aromatic carbocycles. The number of hydrogen-bond donors (Lipinski definition) is 0.